The highest BCUT2D eigenvalue weighted by Crippen LogP contribution is 2.35. The Labute approximate surface area is 251 Å². The van der Waals surface area contributed by atoms with E-state index in [2.05, 4.69) is 5.32 Å². The second-order valence-corrected chi connectivity index (χ2v) is 12.3. The molecule has 0 aliphatic heterocycles. The van der Waals surface area contributed by atoms with Gasteiger partial charge in [0, 0.05) is 18.1 Å². The van der Waals surface area contributed by atoms with E-state index < -0.39 is 28.5 Å². The third-order valence-electron chi connectivity index (χ3n) is 6.32. The van der Waals surface area contributed by atoms with Gasteiger partial charge in [-0.25, -0.2) is 8.42 Å². The van der Waals surface area contributed by atoms with E-state index in [4.69, 9.17) is 34.8 Å². The number of sulfonamides is 1. The first-order valence-electron chi connectivity index (χ1n) is 12.8. The summed E-state index contributed by atoms with van der Waals surface area (Å²) in [5, 5.41) is 3.39. The van der Waals surface area contributed by atoms with Crippen LogP contribution in [0.25, 0.3) is 0 Å². The van der Waals surface area contributed by atoms with E-state index in [0.29, 0.717) is 23.6 Å². The van der Waals surface area contributed by atoms with Crippen molar-refractivity contribution in [2.45, 2.75) is 51.1 Å². The Morgan fingerprint density at radius 3 is 2.17 bits per heavy atom. The zero-order valence-corrected chi connectivity index (χ0v) is 25.6. The molecule has 214 valence electrons. The monoisotopic (exact) mass is 623 g/mol. The van der Waals surface area contributed by atoms with Crippen LogP contribution in [0.4, 0.5) is 5.69 Å². The van der Waals surface area contributed by atoms with Crippen molar-refractivity contribution in [2.24, 2.45) is 0 Å². The molecule has 0 radical (unpaired) electrons. The fourth-order valence-electron chi connectivity index (χ4n) is 4.13. The molecule has 0 fully saturated rings. The first-order valence-corrected chi connectivity index (χ1v) is 15.4. The van der Waals surface area contributed by atoms with Gasteiger partial charge in [0.25, 0.3) is 10.0 Å². The number of anilines is 1. The Balaban J connectivity index is 2.11. The summed E-state index contributed by atoms with van der Waals surface area (Å²) >= 11 is 19.1. The standard InChI is InChI=1S/C29H32Cl3N3O4S/c1-4-17-33-29(37)25(5-2)34(18-21-9-6-7-10-23(21)30)27(36)19-35(26-12-8-11-24(31)28(26)32)40(38,39)22-15-13-20(3)14-16-22/h6-16,25H,4-5,17-19H2,1-3H3,(H,33,37)/t25-/m0/s1. The molecule has 1 N–H and O–H groups in total. The Morgan fingerprint density at radius 1 is 0.900 bits per heavy atom. The molecule has 0 saturated carbocycles. The van der Waals surface area contributed by atoms with Crippen molar-refractivity contribution in [3.63, 3.8) is 0 Å². The first-order chi connectivity index (χ1) is 19.0. The fraction of sp³-hybridized carbons (Fsp3) is 0.310. The quantitative estimate of drug-likeness (QED) is 0.250. The minimum atomic E-state index is -4.27. The van der Waals surface area contributed by atoms with Gasteiger partial charge in [0.2, 0.25) is 11.8 Å². The number of benzene rings is 3. The predicted molar refractivity (Wildman–Crippen MR) is 162 cm³/mol. The summed E-state index contributed by atoms with van der Waals surface area (Å²) in [5.74, 6) is -0.941. The molecule has 2 amide bonds. The number of nitrogens with one attached hydrogen (secondary N) is 1. The predicted octanol–water partition coefficient (Wildman–Crippen LogP) is 6.48. The molecule has 0 spiro atoms. The Morgan fingerprint density at radius 2 is 1.55 bits per heavy atom. The summed E-state index contributed by atoms with van der Waals surface area (Å²) in [6.45, 7) is 5.37. The van der Waals surface area contributed by atoms with E-state index in [1.54, 1.807) is 49.4 Å². The lowest BCUT2D eigenvalue weighted by Crippen LogP contribution is -2.52. The van der Waals surface area contributed by atoms with Gasteiger partial charge < -0.3 is 10.2 Å². The van der Waals surface area contributed by atoms with Crippen molar-refractivity contribution < 1.29 is 18.0 Å². The molecule has 0 aromatic heterocycles. The van der Waals surface area contributed by atoms with Gasteiger partial charge in [0.1, 0.15) is 12.6 Å². The normalized spacial score (nSPS) is 12.1. The van der Waals surface area contributed by atoms with Gasteiger partial charge in [0.05, 0.1) is 20.6 Å². The van der Waals surface area contributed by atoms with Crippen LogP contribution in [-0.2, 0) is 26.2 Å². The molecule has 3 aromatic carbocycles. The molecule has 40 heavy (non-hydrogen) atoms. The van der Waals surface area contributed by atoms with Gasteiger partial charge in [-0.3, -0.25) is 13.9 Å². The van der Waals surface area contributed by atoms with Crippen LogP contribution in [-0.4, -0.2) is 44.3 Å². The maximum Gasteiger partial charge on any atom is 0.264 e. The SMILES string of the molecule is CCCNC(=O)[C@H](CC)N(Cc1ccccc1Cl)C(=O)CN(c1cccc(Cl)c1Cl)S(=O)(=O)c1ccc(C)cc1. The third kappa shape index (κ3) is 7.49. The molecule has 0 heterocycles. The average molecular weight is 625 g/mol. The van der Waals surface area contributed by atoms with E-state index >= 15 is 0 Å². The van der Waals surface area contributed by atoms with Crippen LogP contribution >= 0.6 is 34.8 Å². The van der Waals surface area contributed by atoms with Crippen molar-refractivity contribution in [1.29, 1.82) is 0 Å². The van der Waals surface area contributed by atoms with E-state index in [-0.39, 0.29) is 33.1 Å². The summed E-state index contributed by atoms with van der Waals surface area (Å²) < 4.78 is 28.8. The van der Waals surface area contributed by atoms with E-state index in [0.717, 1.165) is 16.3 Å². The third-order valence-corrected chi connectivity index (χ3v) is 9.27. The van der Waals surface area contributed by atoms with Crippen LogP contribution in [0.3, 0.4) is 0 Å². The number of amides is 2. The van der Waals surface area contributed by atoms with Crippen molar-refractivity contribution in [3.05, 3.63) is 92.9 Å². The molecule has 1 atom stereocenters. The van der Waals surface area contributed by atoms with Gasteiger partial charge in [0.15, 0.2) is 0 Å². The Hall–Kier alpha value is -2.78. The van der Waals surface area contributed by atoms with Crippen molar-refractivity contribution in [3.8, 4) is 0 Å². The van der Waals surface area contributed by atoms with Crippen LogP contribution in [0.5, 0.6) is 0 Å². The number of nitrogens with zero attached hydrogens (tertiary/aromatic N) is 2. The summed E-state index contributed by atoms with van der Waals surface area (Å²) in [6.07, 6.45) is 1.02. The van der Waals surface area contributed by atoms with Gasteiger partial charge in [-0.05, 0) is 55.7 Å². The molecule has 0 aliphatic rings. The number of rotatable bonds is 12. The van der Waals surface area contributed by atoms with E-state index in [9.17, 15) is 18.0 Å². The number of halogens is 3. The van der Waals surface area contributed by atoms with Crippen LogP contribution in [0.15, 0.2) is 71.6 Å². The average Bonchev–Trinajstić information content (AvgIpc) is 2.93. The summed E-state index contributed by atoms with van der Waals surface area (Å²) in [6, 6.07) is 17.0. The van der Waals surface area contributed by atoms with E-state index in [1.807, 2.05) is 13.8 Å². The Kier molecular flexibility index (Phi) is 11.3. The summed E-state index contributed by atoms with van der Waals surface area (Å²) in [5.41, 5.74) is 1.54. The van der Waals surface area contributed by atoms with E-state index in [1.165, 1.54) is 29.2 Å². The lowest BCUT2D eigenvalue weighted by molar-refractivity contribution is -0.140. The smallest absolute Gasteiger partial charge is 0.264 e. The highest BCUT2D eigenvalue weighted by atomic mass is 35.5. The van der Waals surface area contributed by atoms with Crippen molar-refractivity contribution >= 4 is 62.3 Å². The fourth-order valence-corrected chi connectivity index (χ4v) is 6.20. The second-order valence-electron chi connectivity index (χ2n) is 9.23. The topological polar surface area (TPSA) is 86.8 Å². The highest BCUT2D eigenvalue weighted by Gasteiger charge is 2.34. The van der Waals surface area contributed by atoms with Gasteiger partial charge in [-0.15, -0.1) is 0 Å². The number of carbonyl (C=O) groups excluding carboxylic acids is 2. The molecule has 3 rings (SSSR count). The van der Waals surface area contributed by atoms with Crippen LogP contribution < -0.4 is 9.62 Å². The number of hydrogen-bond donors (Lipinski definition) is 1. The zero-order valence-electron chi connectivity index (χ0n) is 22.5. The maximum absolute atomic E-state index is 14.1. The number of carbonyl (C=O) groups is 2. The lowest BCUT2D eigenvalue weighted by atomic mass is 10.1. The zero-order chi connectivity index (χ0) is 29.4. The maximum atomic E-state index is 14.1. The van der Waals surface area contributed by atoms with Crippen molar-refractivity contribution in [2.75, 3.05) is 17.4 Å². The van der Waals surface area contributed by atoms with Gasteiger partial charge in [-0.2, -0.15) is 0 Å². The summed E-state index contributed by atoms with van der Waals surface area (Å²) in [7, 11) is -4.27. The largest absolute Gasteiger partial charge is 0.354 e. The first kappa shape index (κ1) is 31.7. The molecule has 11 heteroatoms. The van der Waals surface area contributed by atoms with Crippen LogP contribution in [0.1, 0.15) is 37.8 Å². The highest BCUT2D eigenvalue weighted by molar-refractivity contribution is 7.92. The van der Waals surface area contributed by atoms with Crippen molar-refractivity contribution in [1.82, 2.24) is 10.2 Å². The molecule has 0 saturated heterocycles. The second kappa shape index (κ2) is 14.2. The van der Waals surface area contributed by atoms with Crippen LogP contribution in [0, 0.1) is 6.92 Å². The molecule has 7 nitrogen and oxygen atoms in total. The molecule has 3 aromatic rings. The molecular weight excluding hydrogens is 593 g/mol. The van der Waals surface area contributed by atoms with Gasteiger partial charge >= 0.3 is 0 Å². The molecule has 0 aliphatic carbocycles. The molecule has 0 bridgehead atoms. The molecule has 0 unspecified atom stereocenters. The van der Waals surface area contributed by atoms with Crippen LogP contribution in [0.2, 0.25) is 15.1 Å². The minimum absolute atomic E-state index is 0.00173. The summed E-state index contributed by atoms with van der Waals surface area (Å²) in [4.78, 5) is 28.6. The minimum Gasteiger partial charge on any atom is -0.354 e. The lowest BCUT2D eigenvalue weighted by Gasteiger charge is -2.33. The molecular formula is C29H32Cl3N3O4S. The number of aryl methyl sites for hydroxylation is 1. The number of hydrogen-bond acceptors (Lipinski definition) is 4. The Bertz CT molecular complexity index is 1450. The van der Waals surface area contributed by atoms with Gasteiger partial charge in [-0.1, -0.05) is 90.6 Å².